The smallest absolute Gasteiger partial charge is 0.325 e. The molecule has 5 nitrogen and oxygen atoms in total. The zero-order valence-corrected chi connectivity index (χ0v) is 10.1. The van der Waals surface area contributed by atoms with Crippen LogP contribution >= 0.6 is 22.9 Å². The lowest BCUT2D eigenvalue weighted by Gasteiger charge is -2.09. The highest BCUT2D eigenvalue weighted by molar-refractivity contribution is 7.16. The molecule has 1 aromatic rings. The fraction of sp³-hybridized carbons (Fsp3) is 0.333. The van der Waals surface area contributed by atoms with E-state index in [1.807, 2.05) is 0 Å². The Hall–Kier alpha value is -1.27. The van der Waals surface area contributed by atoms with Gasteiger partial charge in [-0.05, 0) is 19.1 Å². The number of nitrogens with one attached hydrogen (secondary N) is 2. The van der Waals surface area contributed by atoms with Crippen LogP contribution in [0.5, 0.6) is 0 Å². The number of amides is 2. The third-order valence-corrected chi connectivity index (χ3v) is 3.00. The molecule has 16 heavy (non-hydrogen) atoms. The molecule has 0 fully saturated rings. The zero-order chi connectivity index (χ0) is 12.1. The molecule has 0 saturated heterocycles. The van der Waals surface area contributed by atoms with E-state index in [1.165, 1.54) is 18.3 Å². The van der Waals surface area contributed by atoms with Crippen LogP contribution in [0.1, 0.15) is 11.8 Å². The van der Waals surface area contributed by atoms with E-state index in [0.717, 1.165) is 4.88 Å². The van der Waals surface area contributed by atoms with Crippen molar-refractivity contribution in [1.82, 2.24) is 10.6 Å². The van der Waals surface area contributed by atoms with Gasteiger partial charge in [0.2, 0.25) is 0 Å². The Morgan fingerprint density at radius 1 is 1.56 bits per heavy atom. The van der Waals surface area contributed by atoms with E-state index >= 15 is 0 Å². The Morgan fingerprint density at radius 3 is 2.75 bits per heavy atom. The molecule has 0 bridgehead atoms. The third-order valence-electron chi connectivity index (χ3n) is 1.77. The number of rotatable bonds is 4. The summed E-state index contributed by atoms with van der Waals surface area (Å²) in [5, 5.41) is 13.4. The van der Waals surface area contributed by atoms with Crippen LogP contribution in [0.4, 0.5) is 4.79 Å². The summed E-state index contributed by atoms with van der Waals surface area (Å²) in [6, 6.07) is 2.11. The van der Waals surface area contributed by atoms with Crippen molar-refractivity contribution in [2.75, 3.05) is 0 Å². The number of carboxylic acid groups (broad SMARTS) is 1. The quantitative estimate of drug-likeness (QED) is 0.772. The maximum absolute atomic E-state index is 11.2. The first kappa shape index (κ1) is 12.8. The van der Waals surface area contributed by atoms with Crippen LogP contribution in [0.2, 0.25) is 4.34 Å². The minimum absolute atomic E-state index is 0.329. The predicted octanol–water partition coefficient (Wildman–Crippen LogP) is 1.67. The summed E-state index contributed by atoms with van der Waals surface area (Å²) < 4.78 is 0.649. The Morgan fingerprint density at radius 2 is 2.25 bits per heavy atom. The van der Waals surface area contributed by atoms with E-state index in [-0.39, 0.29) is 0 Å². The van der Waals surface area contributed by atoms with Gasteiger partial charge in [0.15, 0.2) is 0 Å². The van der Waals surface area contributed by atoms with Gasteiger partial charge >= 0.3 is 12.0 Å². The molecule has 7 heteroatoms. The van der Waals surface area contributed by atoms with E-state index in [0.29, 0.717) is 10.9 Å². The van der Waals surface area contributed by atoms with Crippen LogP contribution in [0.15, 0.2) is 12.1 Å². The van der Waals surface area contributed by atoms with Crippen molar-refractivity contribution in [3.63, 3.8) is 0 Å². The van der Waals surface area contributed by atoms with E-state index in [4.69, 9.17) is 16.7 Å². The number of hydrogen-bond donors (Lipinski definition) is 3. The Balaban J connectivity index is 2.33. The summed E-state index contributed by atoms with van der Waals surface area (Å²) in [6.45, 7) is 1.72. The molecule has 0 radical (unpaired) electrons. The topological polar surface area (TPSA) is 78.4 Å². The van der Waals surface area contributed by atoms with Crippen molar-refractivity contribution in [2.24, 2.45) is 0 Å². The fourth-order valence-electron chi connectivity index (χ4n) is 0.924. The highest BCUT2D eigenvalue weighted by atomic mass is 35.5. The summed E-state index contributed by atoms with van der Waals surface area (Å²) in [4.78, 5) is 22.6. The second kappa shape index (κ2) is 5.72. The summed E-state index contributed by atoms with van der Waals surface area (Å²) >= 11 is 7.08. The van der Waals surface area contributed by atoms with Crippen LogP contribution in [0, 0.1) is 0 Å². The van der Waals surface area contributed by atoms with Crippen molar-refractivity contribution >= 4 is 34.9 Å². The molecule has 0 spiro atoms. The Labute approximate surface area is 101 Å². The lowest BCUT2D eigenvalue weighted by Crippen LogP contribution is -2.43. The molecule has 0 saturated carbocycles. The number of hydrogen-bond acceptors (Lipinski definition) is 3. The number of halogens is 1. The fourth-order valence-corrected chi connectivity index (χ4v) is 1.95. The van der Waals surface area contributed by atoms with Crippen molar-refractivity contribution in [2.45, 2.75) is 19.5 Å². The summed E-state index contributed by atoms with van der Waals surface area (Å²) in [5.41, 5.74) is 0. The van der Waals surface area contributed by atoms with Crippen molar-refractivity contribution in [3.8, 4) is 0 Å². The monoisotopic (exact) mass is 262 g/mol. The molecular formula is C9H11ClN2O3S. The Kier molecular flexibility index (Phi) is 4.57. The van der Waals surface area contributed by atoms with Gasteiger partial charge in [-0.2, -0.15) is 0 Å². The number of urea groups is 1. The number of aliphatic carboxylic acids is 1. The second-order valence-corrected chi connectivity index (χ2v) is 4.89. The van der Waals surface area contributed by atoms with Gasteiger partial charge in [-0.15, -0.1) is 11.3 Å². The molecule has 0 aliphatic rings. The normalized spacial score (nSPS) is 11.9. The van der Waals surface area contributed by atoms with Gasteiger partial charge in [0.05, 0.1) is 10.9 Å². The first-order valence-electron chi connectivity index (χ1n) is 4.50. The van der Waals surface area contributed by atoms with Crippen LogP contribution in [-0.4, -0.2) is 23.1 Å². The lowest BCUT2D eigenvalue weighted by molar-refractivity contribution is -0.138. The molecule has 1 atom stereocenters. The number of carbonyl (C=O) groups excluding carboxylic acids is 1. The van der Waals surface area contributed by atoms with Gasteiger partial charge in [0.25, 0.3) is 0 Å². The average Bonchev–Trinajstić information content (AvgIpc) is 2.61. The third kappa shape index (κ3) is 4.08. The maximum atomic E-state index is 11.2. The minimum atomic E-state index is -1.07. The number of thiophene rings is 1. The minimum Gasteiger partial charge on any atom is -0.480 e. The summed E-state index contributed by atoms with van der Waals surface area (Å²) in [5.74, 6) is -1.07. The van der Waals surface area contributed by atoms with Crippen molar-refractivity contribution < 1.29 is 14.7 Å². The molecule has 0 aliphatic heterocycles. The lowest BCUT2D eigenvalue weighted by atomic mass is 10.3. The molecule has 1 aromatic heterocycles. The van der Waals surface area contributed by atoms with E-state index in [9.17, 15) is 9.59 Å². The molecule has 1 heterocycles. The van der Waals surface area contributed by atoms with Crippen molar-refractivity contribution in [3.05, 3.63) is 21.3 Å². The SMILES string of the molecule is CC(NC(=O)NCc1ccc(Cl)s1)C(=O)O. The highest BCUT2D eigenvalue weighted by Crippen LogP contribution is 2.20. The van der Waals surface area contributed by atoms with E-state index in [1.54, 1.807) is 12.1 Å². The average molecular weight is 263 g/mol. The molecule has 0 aliphatic carbocycles. The molecule has 88 valence electrons. The first-order chi connectivity index (χ1) is 7.49. The van der Waals surface area contributed by atoms with E-state index in [2.05, 4.69) is 10.6 Å². The second-order valence-electron chi connectivity index (χ2n) is 3.09. The maximum Gasteiger partial charge on any atom is 0.325 e. The van der Waals surface area contributed by atoms with E-state index < -0.39 is 18.0 Å². The van der Waals surface area contributed by atoms with Gasteiger partial charge < -0.3 is 15.7 Å². The van der Waals surface area contributed by atoms with Crippen LogP contribution < -0.4 is 10.6 Å². The summed E-state index contributed by atoms with van der Waals surface area (Å²) in [6.07, 6.45) is 0. The molecule has 3 N–H and O–H groups in total. The predicted molar refractivity (Wildman–Crippen MR) is 61.8 cm³/mol. The number of carboxylic acids is 1. The van der Waals surface area contributed by atoms with Crippen LogP contribution in [-0.2, 0) is 11.3 Å². The van der Waals surface area contributed by atoms with Gasteiger partial charge in [-0.1, -0.05) is 11.6 Å². The molecule has 2 amide bonds. The first-order valence-corrected chi connectivity index (χ1v) is 5.70. The summed E-state index contributed by atoms with van der Waals surface area (Å²) in [7, 11) is 0. The molecular weight excluding hydrogens is 252 g/mol. The van der Waals surface area contributed by atoms with Crippen LogP contribution in [0.25, 0.3) is 0 Å². The van der Waals surface area contributed by atoms with Gasteiger partial charge in [-0.25, -0.2) is 4.79 Å². The molecule has 1 unspecified atom stereocenters. The van der Waals surface area contributed by atoms with Gasteiger partial charge in [0, 0.05) is 4.88 Å². The molecule has 1 rings (SSSR count). The van der Waals surface area contributed by atoms with Gasteiger partial charge in [-0.3, -0.25) is 4.79 Å². The van der Waals surface area contributed by atoms with Crippen LogP contribution in [0.3, 0.4) is 0 Å². The van der Waals surface area contributed by atoms with Crippen molar-refractivity contribution in [1.29, 1.82) is 0 Å². The van der Waals surface area contributed by atoms with Gasteiger partial charge in [0.1, 0.15) is 6.04 Å². The highest BCUT2D eigenvalue weighted by Gasteiger charge is 2.13. The standard InChI is InChI=1S/C9H11ClN2O3S/c1-5(8(13)14)12-9(15)11-4-6-2-3-7(10)16-6/h2-3,5H,4H2,1H3,(H,13,14)(H2,11,12,15). The largest absolute Gasteiger partial charge is 0.480 e. The molecule has 0 aromatic carbocycles. The number of carbonyl (C=O) groups is 2. The Bertz CT molecular complexity index is 394. The zero-order valence-electron chi connectivity index (χ0n) is 8.49.